The number of rotatable bonds is 9. The minimum absolute atomic E-state index is 0.0786. The number of aromatic nitrogens is 3. The van der Waals surface area contributed by atoms with Crippen LogP contribution in [0.2, 0.25) is 0 Å². The lowest BCUT2D eigenvalue weighted by Gasteiger charge is -2.05. The second-order valence-corrected chi connectivity index (χ2v) is 6.85. The van der Waals surface area contributed by atoms with Crippen LogP contribution < -0.4 is 5.32 Å². The maximum Gasteiger partial charge on any atom is 0.227 e. The number of pyridine rings is 1. The molecule has 0 aliphatic heterocycles. The van der Waals surface area contributed by atoms with Gasteiger partial charge in [0.15, 0.2) is 0 Å². The smallest absolute Gasteiger partial charge is 0.227 e. The largest absolute Gasteiger partial charge is 0.355 e. The lowest BCUT2D eigenvalue weighted by Crippen LogP contribution is -2.26. The standard InChI is InChI=1S/C19H19FN4O2S/c20-16-4-2-1-3-15(16)13-27-12-11-22-17(25)5-6-18-23-19(24-26-18)14-7-9-21-10-8-14/h1-4,7-10H,5-6,11-13H2,(H,22,25). The van der Waals surface area contributed by atoms with Gasteiger partial charge in [-0.05, 0) is 23.8 Å². The van der Waals surface area contributed by atoms with Crippen molar-refractivity contribution >= 4 is 17.7 Å². The molecule has 1 amide bonds. The monoisotopic (exact) mass is 386 g/mol. The van der Waals surface area contributed by atoms with Crippen LogP contribution in [0, 0.1) is 5.82 Å². The Kier molecular flexibility index (Phi) is 6.92. The third kappa shape index (κ3) is 5.89. The molecule has 1 aromatic carbocycles. The molecular formula is C19H19FN4O2S. The molecule has 0 fully saturated rings. The van der Waals surface area contributed by atoms with Crippen molar-refractivity contribution in [3.63, 3.8) is 0 Å². The highest BCUT2D eigenvalue weighted by molar-refractivity contribution is 7.98. The normalized spacial score (nSPS) is 10.7. The Morgan fingerprint density at radius 3 is 2.81 bits per heavy atom. The van der Waals surface area contributed by atoms with Crippen molar-refractivity contribution in [2.45, 2.75) is 18.6 Å². The summed E-state index contributed by atoms with van der Waals surface area (Å²) >= 11 is 1.58. The number of benzene rings is 1. The van der Waals surface area contributed by atoms with Gasteiger partial charge < -0.3 is 9.84 Å². The van der Waals surface area contributed by atoms with Crippen LogP contribution >= 0.6 is 11.8 Å². The summed E-state index contributed by atoms with van der Waals surface area (Å²) in [4.78, 5) is 20.1. The summed E-state index contributed by atoms with van der Waals surface area (Å²) in [6, 6.07) is 10.3. The number of thioether (sulfide) groups is 1. The zero-order chi connectivity index (χ0) is 18.9. The fraction of sp³-hybridized carbons (Fsp3) is 0.263. The van der Waals surface area contributed by atoms with Crippen LogP contribution in [0.4, 0.5) is 4.39 Å². The van der Waals surface area contributed by atoms with Gasteiger partial charge in [-0.3, -0.25) is 9.78 Å². The summed E-state index contributed by atoms with van der Waals surface area (Å²) < 4.78 is 18.7. The number of nitrogens with one attached hydrogen (secondary N) is 1. The highest BCUT2D eigenvalue weighted by atomic mass is 32.2. The Hall–Kier alpha value is -2.74. The zero-order valence-electron chi connectivity index (χ0n) is 14.6. The first kappa shape index (κ1) is 19.0. The minimum Gasteiger partial charge on any atom is -0.355 e. The van der Waals surface area contributed by atoms with E-state index >= 15 is 0 Å². The van der Waals surface area contributed by atoms with Gasteiger partial charge in [0, 0.05) is 48.8 Å². The molecule has 0 radical (unpaired) electrons. The molecule has 0 unspecified atom stereocenters. The molecule has 0 aliphatic carbocycles. The Labute approximate surface area is 160 Å². The molecule has 0 saturated carbocycles. The molecule has 3 rings (SSSR count). The fourth-order valence-corrected chi connectivity index (χ4v) is 3.19. The summed E-state index contributed by atoms with van der Waals surface area (Å²) in [6.45, 7) is 0.532. The number of nitrogens with zero attached hydrogens (tertiary/aromatic N) is 3. The lowest BCUT2D eigenvalue weighted by molar-refractivity contribution is -0.121. The molecular weight excluding hydrogens is 367 g/mol. The van der Waals surface area contributed by atoms with Crippen LogP contribution in [0.5, 0.6) is 0 Å². The predicted molar refractivity (Wildman–Crippen MR) is 101 cm³/mol. The number of amides is 1. The SMILES string of the molecule is O=C(CCc1nc(-c2ccncc2)no1)NCCSCc1ccccc1F. The third-order valence-electron chi connectivity index (χ3n) is 3.76. The molecule has 0 bridgehead atoms. The van der Waals surface area contributed by atoms with Crippen molar-refractivity contribution in [3.8, 4) is 11.4 Å². The Morgan fingerprint density at radius 2 is 2.00 bits per heavy atom. The molecule has 0 aliphatic rings. The van der Waals surface area contributed by atoms with E-state index in [1.165, 1.54) is 6.07 Å². The molecule has 0 atom stereocenters. The van der Waals surface area contributed by atoms with Gasteiger partial charge in [-0.25, -0.2) is 4.39 Å². The van der Waals surface area contributed by atoms with Crippen molar-refractivity contribution in [2.24, 2.45) is 0 Å². The van der Waals surface area contributed by atoms with Gasteiger partial charge in [0.25, 0.3) is 0 Å². The summed E-state index contributed by atoms with van der Waals surface area (Å²) in [5.41, 5.74) is 1.49. The molecule has 6 nitrogen and oxygen atoms in total. The van der Waals surface area contributed by atoms with Crippen LogP contribution in [0.1, 0.15) is 17.9 Å². The van der Waals surface area contributed by atoms with E-state index in [1.807, 2.05) is 6.07 Å². The van der Waals surface area contributed by atoms with Crippen molar-refractivity contribution in [1.82, 2.24) is 20.4 Å². The lowest BCUT2D eigenvalue weighted by atomic mass is 10.2. The molecule has 0 spiro atoms. The molecule has 3 aromatic rings. The topological polar surface area (TPSA) is 80.9 Å². The van der Waals surface area contributed by atoms with Crippen molar-refractivity contribution in [2.75, 3.05) is 12.3 Å². The first-order valence-electron chi connectivity index (χ1n) is 8.53. The number of aryl methyl sites for hydroxylation is 1. The van der Waals surface area contributed by atoms with Crippen LogP contribution in [0.3, 0.4) is 0 Å². The second-order valence-electron chi connectivity index (χ2n) is 5.74. The summed E-state index contributed by atoms with van der Waals surface area (Å²) in [5.74, 6) is 1.93. The van der Waals surface area contributed by atoms with Gasteiger partial charge in [0.1, 0.15) is 5.82 Å². The third-order valence-corrected chi connectivity index (χ3v) is 4.76. The van der Waals surface area contributed by atoms with E-state index in [2.05, 4.69) is 20.4 Å². The van der Waals surface area contributed by atoms with Crippen LogP contribution in [-0.2, 0) is 17.0 Å². The minimum atomic E-state index is -0.195. The summed E-state index contributed by atoms with van der Waals surface area (Å²) in [7, 11) is 0. The van der Waals surface area contributed by atoms with E-state index in [-0.39, 0.29) is 18.1 Å². The highest BCUT2D eigenvalue weighted by Gasteiger charge is 2.10. The number of hydrogen-bond donors (Lipinski definition) is 1. The van der Waals surface area contributed by atoms with Crippen LogP contribution in [0.25, 0.3) is 11.4 Å². The van der Waals surface area contributed by atoms with E-state index in [4.69, 9.17) is 4.52 Å². The van der Waals surface area contributed by atoms with Gasteiger partial charge >= 0.3 is 0 Å². The molecule has 8 heteroatoms. The Bertz CT molecular complexity index is 873. The van der Waals surface area contributed by atoms with Crippen LogP contribution in [0.15, 0.2) is 53.3 Å². The molecule has 140 valence electrons. The fourth-order valence-electron chi connectivity index (χ4n) is 2.34. The molecule has 1 N–H and O–H groups in total. The van der Waals surface area contributed by atoms with E-state index in [1.54, 1.807) is 48.4 Å². The molecule has 27 heavy (non-hydrogen) atoms. The number of carbonyl (C=O) groups excluding carboxylic acids is 1. The predicted octanol–water partition coefficient (Wildman–Crippen LogP) is 3.25. The van der Waals surface area contributed by atoms with Gasteiger partial charge in [0.05, 0.1) is 0 Å². The van der Waals surface area contributed by atoms with Crippen molar-refractivity contribution in [3.05, 3.63) is 66.1 Å². The first-order chi connectivity index (χ1) is 13.2. The van der Waals surface area contributed by atoms with E-state index in [0.717, 1.165) is 5.56 Å². The quantitative estimate of drug-likeness (QED) is 0.569. The Morgan fingerprint density at radius 1 is 1.19 bits per heavy atom. The van der Waals surface area contributed by atoms with Crippen LogP contribution in [-0.4, -0.2) is 33.3 Å². The second kappa shape index (κ2) is 9.82. The van der Waals surface area contributed by atoms with E-state index in [9.17, 15) is 9.18 Å². The van der Waals surface area contributed by atoms with Crippen molar-refractivity contribution in [1.29, 1.82) is 0 Å². The van der Waals surface area contributed by atoms with E-state index in [0.29, 0.717) is 41.7 Å². The average molecular weight is 386 g/mol. The van der Waals surface area contributed by atoms with Gasteiger partial charge in [-0.2, -0.15) is 16.7 Å². The van der Waals surface area contributed by atoms with Crippen molar-refractivity contribution < 1.29 is 13.7 Å². The summed E-state index contributed by atoms with van der Waals surface area (Å²) in [5, 5.41) is 6.75. The molecule has 2 aromatic heterocycles. The highest BCUT2D eigenvalue weighted by Crippen LogP contribution is 2.15. The average Bonchev–Trinajstić information content (AvgIpc) is 3.17. The first-order valence-corrected chi connectivity index (χ1v) is 9.68. The number of carbonyl (C=O) groups is 1. The van der Waals surface area contributed by atoms with Gasteiger partial charge in [-0.1, -0.05) is 23.4 Å². The maximum absolute atomic E-state index is 13.5. The number of hydrogen-bond acceptors (Lipinski definition) is 6. The van der Waals surface area contributed by atoms with Gasteiger partial charge in [0.2, 0.25) is 17.6 Å². The molecule has 2 heterocycles. The Balaban J connectivity index is 1.33. The number of halogens is 1. The molecule has 0 saturated heterocycles. The maximum atomic E-state index is 13.5. The summed E-state index contributed by atoms with van der Waals surface area (Å²) in [6.07, 6.45) is 3.97. The van der Waals surface area contributed by atoms with E-state index < -0.39 is 0 Å². The van der Waals surface area contributed by atoms with Gasteiger partial charge in [-0.15, -0.1) is 0 Å². The zero-order valence-corrected chi connectivity index (χ0v) is 15.4.